The van der Waals surface area contributed by atoms with Gasteiger partial charge in [-0.3, -0.25) is 0 Å². The third-order valence-corrected chi connectivity index (χ3v) is 1.30. The number of unbranched alkanes of at least 4 members (excludes halogenated alkanes) is 5. The molecule has 0 saturated heterocycles. The first-order valence-corrected chi connectivity index (χ1v) is 10.6. The predicted octanol–water partition coefficient (Wildman–Crippen LogP) is 1.55. The van der Waals surface area contributed by atoms with Crippen molar-refractivity contribution in [2.45, 2.75) is 46.0 Å². The van der Waals surface area contributed by atoms with Crippen LogP contribution < -0.4 is 0 Å². The van der Waals surface area contributed by atoms with Crippen molar-refractivity contribution in [1.82, 2.24) is 0 Å². The van der Waals surface area contributed by atoms with E-state index in [1.807, 2.05) is 0 Å². The molecule has 0 rings (SSSR count). The quantitative estimate of drug-likeness (QED) is 0.166. The van der Waals surface area contributed by atoms with Crippen molar-refractivity contribution in [1.29, 1.82) is 0 Å². The van der Waals surface area contributed by atoms with Gasteiger partial charge in [-0.15, -0.1) is 0 Å². The SMILES string of the molecule is CC[CH-]CCCCC.OP(O)(O)=S.OP(O)(O)=S.[Mo]. The molecule has 0 aliphatic heterocycles. The number of hydrogen-bond acceptors (Lipinski definition) is 2. The van der Waals surface area contributed by atoms with E-state index >= 15 is 0 Å². The first kappa shape index (κ1) is 28.8. The molecule has 0 aromatic rings. The molecule has 120 valence electrons. The van der Waals surface area contributed by atoms with Gasteiger partial charge in [-0.1, -0.05) is 33.1 Å². The Bertz CT molecular complexity index is 215. The molecule has 11 heteroatoms. The van der Waals surface area contributed by atoms with Crippen LogP contribution in [0.2, 0.25) is 0 Å². The average Bonchev–Trinajstić information content (AvgIpc) is 2.07. The summed E-state index contributed by atoms with van der Waals surface area (Å²) in [6.07, 6.45) is 9.06. The third kappa shape index (κ3) is 137. The van der Waals surface area contributed by atoms with Crippen LogP contribution in [0.4, 0.5) is 0 Å². The maximum absolute atomic E-state index is 7.56. The minimum Gasteiger partial charge on any atom is -0.329 e. The zero-order valence-corrected chi connectivity index (χ0v) is 16.3. The zero-order valence-electron chi connectivity index (χ0n) is 10.9. The maximum Gasteiger partial charge on any atom is 0.319 e. The van der Waals surface area contributed by atoms with E-state index in [0.717, 1.165) is 0 Å². The molecule has 6 N–H and O–H groups in total. The van der Waals surface area contributed by atoms with E-state index in [1.165, 1.54) is 32.1 Å². The van der Waals surface area contributed by atoms with E-state index in [0.29, 0.717) is 0 Å². The van der Waals surface area contributed by atoms with Crippen LogP contribution in [0.25, 0.3) is 0 Å². The predicted molar refractivity (Wildman–Crippen MR) is 80.6 cm³/mol. The van der Waals surface area contributed by atoms with Crippen LogP contribution in [-0.4, -0.2) is 29.4 Å². The van der Waals surface area contributed by atoms with Crippen LogP contribution in [-0.2, 0) is 44.7 Å². The summed E-state index contributed by atoms with van der Waals surface area (Å²) in [5, 5.41) is 0. The summed E-state index contributed by atoms with van der Waals surface area (Å²) < 4.78 is 0. The number of hydrogen-bond donors (Lipinski definition) is 6. The Labute approximate surface area is 139 Å². The van der Waals surface area contributed by atoms with E-state index in [2.05, 4.69) is 43.9 Å². The van der Waals surface area contributed by atoms with Gasteiger partial charge in [0.2, 0.25) is 0 Å². The molecule has 0 aromatic heterocycles. The smallest absolute Gasteiger partial charge is 0.319 e. The summed E-state index contributed by atoms with van der Waals surface area (Å²) in [6, 6.07) is 0. The van der Waals surface area contributed by atoms with E-state index in [-0.39, 0.29) is 21.1 Å². The molecule has 0 aliphatic rings. The normalized spacial score (nSPS) is 10.3. The van der Waals surface area contributed by atoms with Gasteiger partial charge in [-0.2, -0.15) is 12.8 Å². The van der Waals surface area contributed by atoms with Gasteiger partial charge in [0, 0.05) is 21.1 Å². The summed E-state index contributed by atoms with van der Waals surface area (Å²) in [4.78, 5) is 45.3. The molecular weight excluding hydrogens is 414 g/mol. The van der Waals surface area contributed by atoms with E-state index in [1.54, 1.807) is 0 Å². The summed E-state index contributed by atoms with van der Waals surface area (Å²) in [7, 11) is 0. The van der Waals surface area contributed by atoms with Crippen molar-refractivity contribution in [2.75, 3.05) is 0 Å². The molecule has 0 unspecified atom stereocenters. The van der Waals surface area contributed by atoms with Gasteiger partial charge in [0.05, 0.1) is 0 Å². The Balaban J connectivity index is -0.0000000906. The van der Waals surface area contributed by atoms with E-state index in [4.69, 9.17) is 29.4 Å². The first-order chi connectivity index (χ1) is 7.91. The van der Waals surface area contributed by atoms with Gasteiger partial charge >= 0.3 is 13.4 Å². The molecule has 0 radical (unpaired) electrons. The summed E-state index contributed by atoms with van der Waals surface area (Å²) in [6.45, 7) is -3.17. The van der Waals surface area contributed by atoms with Crippen LogP contribution in [0, 0.1) is 6.42 Å². The molecule has 6 nitrogen and oxygen atoms in total. The molecule has 19 heavy (non-hydrogen) atoms. The second-order valence-corrected chi connectivity index (χ2v) is 8.21. The Morgan fingerprint density at radius 1 is 0.842 bits per heavy atom. The minimum absolute atomic E-state index is 0. The summed E-state index contributed by atoms with van der Waals surface area (Å²) in [5.41, 5.74) is 0. The van der Waals surface area contributed by atoms with Gasteiger partial charge in [0.1, 0.15) is 0 Å². The van der Waals surface area contributed by atoms with Gasteiger partial charge in [0.15, 0.2) is 0 Å². The van der Waals surface area contributed by atoms with Crippen molar-refractivity contribution in [3.63, 3.8) is 0 Å². The molecule has 0 aliphatic carbocycles. The second-order valence-electron chi connectivity index (χ2n) is 3.22. The van der Waals surface area contributed by atoms with Crippen LogP contribution in [0.1, 0.15) is 46.0 Å². The molecule has 0 spiro atoms. The molecule has 0 aromatic carbocycles. The van der Waals surface area contributed by atoms with Crippen LogP contribution in [0.3, 0.4) is 0 Å². The van der Waals surface area contributed by atoms with Crippen LogP contribution in [0.15, 0.2) is 0 Å². The van der Waals surface area contributed by atoms with Crippen molar-refractivity contribution in [3.8, 4) is 0 Å². The average molecular weight is 437 g/mol. The standard InChI is InChI=1S/C8H17.Mo.2H3O3PS/c1-3-5-7-8-6-4-2;;2*1-4(2,3)5/h5H,3-4,6-8H2,1-2H3;;2*(H3,1,2,3,5)/q-1;;;. The van der Waals surface area contributed by atoms with Crippen molar-refractivity contribution in [3.05, 3.63) is 6.42 Å². The molecule has 0 fully saturated rings. The van der Waals surface area contributed by atoms with Gasteiger partial charge in [0.25, 0.3) is 0 Å². The monoisotopic (exact) mass is 439 g/mol. The fraction of sp³-hybridized carbons (Fsp3) is 0.875. The summed E-state index contributed by atoms with van der Waals surface area (Å²) in [5.74, 6) is 0. The van der Waals surface area contributed by atoms with Crippen LogP contribution >= 0.6 is 13.4 Å². The third-order valence-electron chi connectivity index (χ3n) is 1.30. The van der Waals surface area contributed by atoms with Gasteiger partial charge in [-0.25, -0.2) is 0 Å². The van der Waals surface area contributed by atoms with E-state index < -0.39 is 13.4 Å². The first-order valence-electron chi connectivity index (χ1n) is 5.30. The second kappa shape index (κ2) is 17.8. The molecule has 0 atom stereocenters. The molecule has 0 bridgehead atoms. The Kier molecular flexibility index (Phi) is 27.0. The fourth-order valence-corrected chi connectivity index (χ4v) is 0.743. The van der Waals surface area contributed by atoms with Crippen molar-refractivity contribution < 1.29 is 50.4 Å². The zero-order chi connectivity index (χ0) is 15.2. The van der Waals surface area contributed by atoms with Crippen molar-refractivity contribution >= 4 is 37.1 Å². The fourth-order valence-electron chi connectivity index (χ4n) is 0.743. The van der Waals surface area contributed by atoms with Crippen molar-refractivity contribution in [2.24, 2.45) is 0 Å². The van der Waals surface area contributed by atoms with Gasteiger partial charge < -0.3 is 35.8 Å². The molecule has 0 amide bonds. The molecule has 0 saturated carbocycles. The molecular formula is C8H23MoO6P2S2-. The Hall–Kier alpha value is 1.75. The van der Waals surface area contributed by atoms with Gasteiger partial charge in [-0.05, 0) is 23.6 Å². The van der Waals surface area contributed by atoms with E-state index in [9.17, 15) is 0 Å². The number of rotatable bonds is 5. The Morgan fingerprint density at radius 2 is 1.16 bits per heavy atom. The maximum atomic E-state index is 7.56. The summed E-state index contributed by atoms with van der Waals surface area (Å²) >= 11 is 7.21. The minimum atomic E-state index is -3.81. The topological polar surface area (TPSA) is 121 Å². The van der Waals surface area contributed by atoms with Crippen LogP contribution in [0.5, 0.6) is 0 Å². The molecule has 0 heterocycles. The Morgan fingerprint density at radius 3 is 1.37 bits per heavy atom. The largest absolute Gasteiger partial charge is 0.329 e.